The molecule has 7 heteroatoms. The Hall–Kier alpha value is -3.22. The summed E-state index contributed by atoms with van der Waals surface area (Å²) in [4.78, 5) is 23.5. The second-order valence-corrected chi connectivity index (χ2v) is 6.16. The van der Waals surface area contributed by atoms with Crippen molar-refractivity contribution in [1.82, 2.24) is 25.1 Å². The number of likely N-dealkylation sites (tertiary alicyclic amines) is 1. The van der Waals surface area contributed by atoms with Crippen LogP contribution in [0.4, 0.5) is 0 Å². The van der Waals surface area contributed by atoms with E-state index >= 15 is 0 Å². The molecule has 1 aromatic carbocycles. The molecular formula is C19H19N5O2. The molecule has 2 aromatic heterocycles. The van der Waals surface area contributed by atoms with Gasteiger partial charge < -0.3 is 9.64 Å². The summed E-state index contributed by atoms with van der Waals surface area (Å²) < 4.78 is 5.05. The number of amides is 1. The fraction of sp³-hybridized carbons (Fsp3) is 0.263. The third kappa shape index (κ3) is 3.03. The van der Waals surface area contributed by atoms with Gasteiger partial charge in [0.2, 0.25) is 5.88 Å². The first-order valence-corrected chi connectivity index (χ1v) is 8.55. The van der Waals surface area contributed by atoms with E-state index in [0.29, 0.717) is 23.8 Å². The van der Waals surface area contributed by atoms with Crippen LogP contribution in [0.3, 0.4) is 0 Å². The molecule has 4 rings (SSSR count). The minimum Gasteiger partial charge on any atom is -0.481 e. The number of carbonyl (C=O) groups is 1. The van der Waals surface area contributed by atoms with Crippen molar-refractivity contribution < 1.29 is 9.53 Å². The van der Waals surface area contributed by atoms with E-state index in [0.717, 1.165) is 24.2 Å². The molecule has 0 radical (unpaired) electrons. The summed E-state index contributed by atoms with van der Waals surface area (Å²) in [6.45, 7) is 0.691. The molecule has 1 atom stereocenters. The van der Waals surface area contributed by atoms with Crippen molar-refractivity contribution in [3.8, 4) is 17.3 Å². The lowest BCUT2D eigenvalue weighted by Gasteiger charge is -2.22. The van der Waals surface area contributed by atoms with Gasteiger partial charge in [0.1, 0.15) is 5.82 Å². The summed E-state index contributed by atoms with van der Waals surface area (Å²) in [6.07, 6.45) is 3.34. The van der Waals surface area contributed by atoms with Crippen LogP contribution in [0.15, 0.2) is 48.7 Å². The SMILES string of the molecule is COc1ccc(C(=O)N2CCCC2c2nc(-c3ccccc3)n[nH]2)cn1. The van der Waals surface area contributed by atoms with E-state index in [4.69, 9.17) is 4.74 Å². The molecule has 1 saturated heterocycles. The number of aromatic nitrogens is 4. The number of rotatable bonds is 4. The van der Waals surface area contributed by atoms with Crippen LogP contribution in [-0.2, 0) is 0 Å². The Balaban J connectivity index is 1.56. The fourth-order valence-corrected chi connectivity index (χ4v) is 3.23. The minimum atomic E-state index is -0.102. The first-order valence-electron chi connectivity index (χ1n) is 8.55. The average Bonchev–Trinajstić information content (AvgIpc) is 3.37. The Morgan fingerprint density at radius 1 is 1.23 bits per heavy atom. The van der Waals surface area contributed by atoms with Crippen LogP contribution in [-0.4, -0.2) is 44.6 Å². The molecule has 3 heterocycles. The number of aromatic amines is 1. The summed E-state index contributed by atoms with van der Waals surface area (Å²) in [5, 5.41) is 7.33. The molecule has 0 spiro atoms. The molecule has 1 aliphatic heterocycles. The van der Waals surface area contributed by atoms with Crippen LogP contribution in [0.5, 0.6) is 5.88 Å². The second kappa shape index (κ2) is 6.95. The fourth-order valence-electron chi connectivity index (χ4n) is 3.23. The van der Waals surface area contributed by atoms with Gasteiger partial charge in [-0.2, -0.15) is 5.10 Å². The van der Waals surface area contributed by atoms with Gasteiger partial charge in [-0.05, 0) is 18.9 Å². The molecule has 1 amide bonds. The predicted molar refractivity (Wildman–Crippen MR) is 95.6 cm³/mol. The molecule has 3 aromatic rings. The number of ether oxygens (including phenoxy) is 1. The molecule has 132 valence electrons. The molecule has 26 heavy (non-hydrogen) atoms. The topological polar surface area (TPSA) is 84.0 Å². The summed E-state index contributed by atoms with van der Waals surface area (Å²) in [6, 6.07) is 13.1. The molecule has 1 fully saturated rings. The maximum atomic E-state index is 12.9. The lowest BCUT2D eigenvalue weighted by Crippen LogP contribution is -2.31. The van der Waals surface area contributed by atoms with Crippen molar-refractivity contribution in [3.05, 3.63) is 60.0 Å². The number of pyridine rings is 1. The number of hydrogen-bond donors (Lipinski definition) is 1. The number of H-pyrrole nitrogens is 1. The van der Waals surface area contributed by atoms with E-state index in [-0.39, 0.29) is 11.9 Å². The second-order valence-electron chi connectivity index (χ2n) is 6.16. The predicted octanol–water partition coefficient (Wildman–Crippen LogP) is 2.85. The van der Waals surface area contributed by atoms with Crippen molar-refractivity contribution >= 4 is 5.91 Å². The summed E-state index contributed by atoms with van der Waals surface area (Å²) in [5.74, 6) is 1.80. The van der Waals surface area contributed by atoms with Gasteiger partial charge in [0, 0.05) is 24.4 Å². The maximum absolute atomic E-state index is 12.9. The van der Waals surface area contributed by atoms with Crippen molar-refractivity contribution in [2.75, 3.05) is 13.7 Å². The Morgan fingerprint density at radius 2 is 2.08 bits per heavy atom. The normalized spacial score (nSPS) is 16.7. The van der Waals surface area contributed by atoms with Crippen molar-refractivity contribution in [1.29, 1.82) is 0 Å². The maximum Gasteiger partial charge on any atom is 0.256 e. The largest absolute Gasteiger partial charge is 0.481 e. The van der Waals surface area contributed by atoms with Crippen LogP contribution in [0, 0.1) is 0 Å². The van der Waals surface area contributed by atoms with E-state index in [1.54, 1.807) is 25.4 Å². The van der Waals surface area contributed by atoms with Gasteiger partial charge >= 0.3 is 0 Å². The standard InChI is InChI=1S/C19H19N5O2/c1-26-16-10-9-14(12-20-16)19(25)24-11-5-8-15(24)18-21-17(22-23-18)13-6-3-2-4-7-13/h2-4,6-7,9-10,12,15H,5,8,11H2,1H3,(H,21,22,23). The highest BCUT2D eigenvalue weighted by Crippen LogP contribution is 2.32. The van der Waals surface area contributed by atoms with Crippen molar-refractivity contribution in [2.45, 2.75) is 18.9 Å². The van der Waals surface area contributed by atoms with Crippen molar-refractivity contribution in [2.24, 2.45) is 0 Å². The molecule has 1 N–H and O–H groups in total. The number of nitrogens with zero attached hydrogens (tertiary/aromatic N) is 4. The van der Waals surface area contributed by atoms with E-state index < -0.39 is 0 Å². The molecule has 0 saturated carbocycles. The highest BCUT2D eigenvalue weighted by Gasteiger charge is 2.33. The lowest BCUT2D eigenvalue weighted by atomic mass is 10.2. The number of hydrogen-bond acceptors (Lipinski definition) is 5. The third-order valence-electron chi connectivity index (χ3n) is 4.56. The molecule has 7 nitrogen and oxygen atoms in total. The first kappa shape index (κ1) is 16.3. The van der Waals surface area contributed by atoms with Gasteiger partial charge in [-0.3, -0.25) is 9.89 Å². The molecule has 1 aliphatic rings. The zero-order chi connectivity index (χ0) is 17.9. The van der Waals surface area contributed by atoms with Gasteiger partial charge in [-0.15, -0.1) is 0 Å². The third-order valence-corrected chi connectivity index (χ3v) is 4.56. The zero-order valence-corrected chi connectivity index (χ0v) is 14.4. The Morgan fingerprint density at radius 3 is 2.81 bits per heavy atom. The number of nitrogens with one attached hydrogen (secondary N) is 1. The van der Waals surface area contributed by atoms with Crippen molar-refractivity contribution in [3.63, 3.8) is 0 Å². The lowest BCUT2D eigenvalue weighted by molar-refractivity contribution is 0.0729. The Bertz CT molecular complexity index is 892. The van der Waals surface area contributed by atoms with Crippen LogP contribution in [0.2, 0.25) is 0 Å². The van der Waals surface area contributed by atoms with Gasteiger partial charge in [0.15, 0.2) is 5.82 Å². The molecule has 1 unspecified atom stereocenters. The number of methoxy groups -OCH3 is 1. The van der Waals surface area contributed by atoms with Gasteiger partial charge in [-0.1, -0.05) is 30.3 Å². The quantitative estimate of drug-likeness (QED) is 0.783. The van der Waals surface area contributed by atoms with Crippen LogP contribution >= 0.6 is 0 Å². The molecular weight excluding hydrogens is 330 g/mol. The van der Waals surface area contributed by atoms with E-state index in [1.807, 2.05) is 35.2 Å². The summed E-state index contributed by atoms with van der Waals surface area (Å²) in [7, 11) is 1.55. The average molecular weight is 349 g/mol. The number of carbonyl (C=O) groups excluding carboxylic acids is 1. The van der Waals surface area contributed by atoms with E-state index in [1.165, 1.54) is 0 Å². The van der Waals surface area contributed by atoms with Gasteiger partial charge in [0.05, 0.1) is 18.7 Å². The zero-order valence-electron chi connectivity index (χ0n) is 14.4. The van der Waals surface area contributed by atoms with Crippen LogP contribution in [0.25, 0.3) is 11.4 Å². The van der Waals surface area contributed by atoms with Gasteiger partial charge in [0.25, 0.3) is 5.91 Å². The summed E-state index contributed by atoms with van der Waals surface area (Å²) >= 11 is 0. The van der Waals surface area contributed by atoms with E-state index in [9.17, 15) is 4.79 Å². The Kier molecular flexibility index (Phi) is 4.35. The highest BCUT2D eigenvalue weighted by molar-refractivity contribution is 5.94. The first-order chi connectivity index (χ1) is 12.8. The highest BCUT2D eigenvalue weighted by atomic mass is 16.5. The van der Waals surface area contributed by atoms with Gasteiger partial charge in [-0.25, -0.2) is 9.97 Å². The minimum absolute atomic E-state index is 0.0553. The monoisotopic (exact) mass is 349 g/mol. The number of benzene rings is 1. The van der Waals surface area contributed by atoms with E-state index in [2.05, 4.69) is 20.2 Å². The summed E-state index contributed by atoms with van der Waals surface area (Å²) in [5.41, 5.74) is 1.49. The van der Waals surface area contributed by atoms with Crippen LogP contribution < -0.4 is 4.74 Å². The Labute approximate surface area is 151 Å². The smallest absolute Gasteiger partial charge is 0.256 e. The molecule has 0 bridgehead atoms. The molecule has 0 aliphatic carbocycles. The van der Waals surface area contributed by atoms with Crippen LogP contribution in [0.1, 0.15) is 35.1 Å².